The Hall–Kier alpha value is -5.04. The highest BCUT2D eigenvalue weighted by atomic mass is 32.1. The number of allylic oxidation sites excluding steroid dienone is 4. The summed E-state index contributed by atoms with van der Waals surface area (Å²) in [5, 5.41) is 16.5. The van der Waals surface area contributed by atoms with E-state index in [1.54, 1.807) is 19.1 Å². The maximum Gasteiger partial charge on any atom is 0.236 e. The summed E-state index contributed by atoms with van der Waals surface area (Å²) in [6.07, 6.45) is 9.27. The van der Waals surface area contributed by atoms with E-state index in [2.05, 4.69) is 65.2 Å². The molecule has 0 bridgehead atoms. The number of fused-ring (bicyclic) bond motifs is 10. The molecule has 1 unspecified atom stereocenters. The van der Waals surface area contributed by atoms with Gasteiger partial charge >= 0.3 is 0 Å². The number of aromatic nitrogens is 3. The monoisotopic (exact) mass is 561 g/mol. The molecular formula is C36H23N3O2S. The normalized spacial score (nSPS) is 17.3. The van der Waals surface area contributed by atoms with Crippen molar-refractivity contribution in [2.45, 2.75) is 12.5 Å². The van der Waals surface area contributed by atoms with Crippen molar-refractivity contribution in [3.05, 3.63) is 121 Å². The molecule has 5 nitrogen and oxygen atoms in total. The Morgan fingerprint density at radius 2 is 1.55 bits per heavy atom. The predicted molar refractivity (Wildman–Crippen MR) is 173 cm³/mol. The van der Waals surface area contributed by atoms with Crippen molar-refractivity contribution in [3.8, 4) is 5.95 Å². The van der Waals surface area contributed by atoms with Crippen molar-refractivity contribution in [1.29, 1.82) is 0 Å². The standard InChI is InChI=1S/C36H23N3O2S/c1-36(40)19-8-9-21(18-20-36)32-34-33(23-11-3-6-14-27(23)41-34)38-35(37-32)39-25-13-5-2-10-22(25)30-26(39)16-17-29-31(30)24-12-4-7-15-28(24)42-29/h2-20,40H,1H3. The SMILES string of the molecule is CC1(O)C=CC=C(c2nc(-n3c4ccccc4c4c5c(ccc43)sc3ccccc35)nc3c2oc2ccccc23)C=C1. The maximum absolute atomic E-state index is 10.7. The third-order valence-corrected chi connectivity index (χ3v) is 9.30. The van der Waals surface area contributed by atoms with E-state index in [1.807, 2.05) is 53.8 Å². The first kappa shape index (κ1) is 23.6. The summed E-state index contributed by atoms with van der Waals surface area (Å²) in [5.74, 6) is 0.573. The van der Waals surface area contributed by atoms with Crippen molar-refractivity contribution in [1.82, 2.24) is 14.5 Å². The van der Waals surface area contributed by atoms with Crippen LogP contribution in [0.2, 0.25) is 0 Å². The van der Waals surface area contributed by atoms with Crippen LogP contribution >= 0.6 is 11.3 Å². The molecule has 4 aromatic heterocycles. The minimum Gasteiger partial charge on any atom is -0.452 e. The highest BCUT2D eigenvalue weighted by molar-refractivity contribution is 7.26. The molecule has 6 heteroatoms. The van der Waals surface area contributed by atoms with E-state index in [9.17, 15) is 5.11 Å². The lowest BCUT2D eigenvalue weighted by atomic mass is 10.1. The van der Waals surface area contributed by atoms with Crippen LogP contribution in [0.1, 0.15) is 12.6 Å². The van der Waals surface area contributed by atoms with Crippen molar-refractivity contribution in [2.24, 2.45) is 0 Å². The molecule has 4 heterocycles. The Bertz CT molecular complexity index is 2500. The van der Waals surface area contributed by atoms with Gasteiger partial charge in [-0.3, -0.25) is 4.57 Å². The zero-order valence-corrected chi connectivity index (χ0v) is 23.4. The van der Waals surface area contributed by atoms with Gasteiger partial charge < -0.3 is 9.52 Å². The van der Waals surface area contributed by atoms with Gasteiger partial charge in [0.1, 0.15) is 16.8 Å². The van der Waals surface area contributed by atoms with E-state index in [-0.39, 0.29) is 0 Å². The summed E-state index contributed by atoms with van der Waals surface area (Å²) >= 11 is 1.82. The quantitative estimate of drug-likeness (QED) is 0.229. The Balaban J connectivity index is 1.43. The van der Waals surface area contributed by atoms with Gasteiger partial charge in [-0.15, -0.1) is 11.3 Å². The second-order valence-electron chi connectivity index (χ2n) is 11.0. The van der Waals surface area contributed by atoms with Crippen molar-refractivity contribution in [3.63, 3.8) is 0 Å². The highest BCUT2D eigenvalue weighted by Crippen LogP contribution is 2.43. The fraction of sp³-hybridized carbons (Fsp3) is 0.0556. The van der Waals surface area contributed by atoms with E-state index in [4.69, 9.17) is 14.4 Å². The number of hydrogen-bond donors (Lipinski definition) is 1. The van der Waals surface area contributed by atoms with Crippen LogP contribution in [0.5, 0.6) is 0 Å². The second kappa shape index (κ2) is 8.49. The molecule has 1 aliphatic rings. The van der Waals surface area contributed by atoms with E-state index in [1.165, 1.54) is 25.6 Å². The van der Waals surface area contributed by atoms with Crippen molar-refractivity contribution < 1.29 is 9.52 Å². The number of nitrogens with zero attached hydrogens (tertiary/aromatic N) is 3. The molecule has 0 amide bonds. The summed E-state index contributed by atoms with van der Waals surface area (Å²) in [7, 11) is 0. The van der Waals surface area contributed by atoms with Gasteiger partial charge in [0.15, 0.2) is 5.58 Å². The molecule has 0 saturated carbocycles. The lowest BCUT2D eigenvalue weighted by Gasteiger charge is -2.12. The molecule has 42 heavy (non-hydrogen) atoms. The molecule has 4 aromatic carbocycles. The van der Waals surface area contributed by atoms with Gasteiger partial charge in [0.25, 0.3) is 0 Å². The molecule has 1 atom stereocenters. The first-order chi connectivity index (χ1) is 20.6. The van der Waals surface area contributed by atoms with E-state index in [0.717, 1.165) is 38.5 Å². The van der Waals surface area contributed by atoms with Crippen molar-refractivity contribution >= 4 is 81.0 Å². The Morgan fingerprint density at radius 3 is 2.45 bits per heavy atom. The summed E-state index contributed by atoms with van der Waals surface area (Å²) in [6.45, 7) is 1.76. The molecule has 1 aliphatic carbocycles. The topological polar surface area (TPSA) is 64.1 Å². The van der Waals surface area contributed by atoms with E-state index >= 15 is 0 Å². The first-order valence-electron chi connectivity index (χ1n) is 13.9. The molecule has 0 aliphatic heterocycles. The molecule has 0 saturated heterocycles. The van der Waals surface area contributed by atoms with Gasteiger partial charge in [-0.05, 0) is 55.5 Å². The van der Waals surface area contributed by atoms with Crippen molar-refractivity contribution in [2.75, 3.05) is 0 Å². The first-order valence-corrected chi connectivity index (χ1v) is 14.7. The maximum atomic E-state index is 10.7. The molecule has 9 rings (SSSR count). The zero-order valence-electron chi connectivity index (χ0n) is 22.6. The number of hydrogen-bond acceptors (Lipinski definition) is 5. The van der Waals surface area contributed by atoms with Gasteiger partial charge in [0.2, 0.25) is 5.95 Å². The third-order valence-electron chi connectivity index (χ3n) is 8.17. The molecule has 8 aromatic rings. The molecule has 200 valence electrons. The smallest absolute Gasteiger partial charge is 0.236 e. The number of furan rings is 1. The van der Waals surface area contributed by atoms with Crippen LogP contribution in [0.25, 0.3) is 75.6 Å². The van der Waals surface area contributed by atoms with Gasteiger partial charge in [-0.2, -0.15) is 0 Å². The summed E-state index contributed by atoms with van der Waals surface area (Å²) < 4.78 is 11.1. The van der Waals surface area contributed by atoms with Gasteiger partial charge in [0, 0.05) is 41.9 Å². The minimum atomic E-state index is -1.05. The summed E-state index contributed by atoms with van der Waals surface area (Å²) in [6, 6.07) is 29.5. The summed E-state index contributed by atoms with van der Waals surface area (Å²) in [5.41, 5.74) is 4.70. The van der Waals surface area contributed by atoms with Crippen LogP contribution in [0, 0.1) is 0 Å². The number of aliphatic hydroxyl groups is 1. The van der Waals surface area contributed by atoms with Gasteiger partial charge in [-0.1, -0.05) is 66.8 Å². The van der Waals surface area contributed by atoms with Crippen LogP contribution in [-0.2, 0) is 0 Å². The predicted octanol–water partition coefficient (Wildman–Crippen LogP) is 9.10. The van der Waals surface area contributed by atoms with E-state index in [0.29, 0.717) is 17.2 Å². The van der Waals surface area contributed by atoms with E-state index < -0.39 is 5.60 Å². The van der Waals surface area contributed by atoms with Crippen LogP contribution in [0.4, 0.5) is 0 Å². The van der Waals surface area contributed by atoms with Crippen LogP contribution in [0.15, 0.2) is 120 Å². The number of thiophene rings is 1. The lowest BCUT2D eigenvalue weighted by Crippen LogP contribution is -2.15. The molecule has 0 spiro atoms. The van der Waals surface area contributed by atoms with Crippen LogP contribution in [-0.4, -0.2) is 25.2 Å². The molecule has 1 N–H and O–H groups in total. The second-order valence-corrected chi connectivity index (χ2v) is 12.1. The largest absolute Gasteiger partial charge is 0.452 e. The average molecular weight is 562 g/mol. The average Bonchev–Trinajstić information content (AvgIpc) is 3.63. The minimum absolute atomic E-state index is 0.573. The Labute approximate surface area is 244 Å². The number of rotatable bonds is 2. The number of para-hydroxylation sites is 2. The Kier molecular flexibility index (Phi) is 4.78. The summed E-state index contributed by atoms with van der Waals surface area (Å²) in [4.78, 5) is 10.4. The Morgan fingerprint density at radius 1 is 0.762 bits per heavy atom. The fourth-order valence-corrected chi connectivity index (χ4v) is 7.35. The highest BCUT2D eigenvalue weighted by Gasteiger charge is 2.23. The van der Waals surface area contributed by atoms with Gasteiger partial charge in [0.05, 0.1) is 16.6 Å². The zero-order chi connectivity index (χ0) is 28.0. The molecular weight excluding hydrogens is 538 g/mol. The van der Waals surface area contributed by atoms with Crippen LogP contribution < -0.4 is 0 Å². The van der Waals surface area contributed by atoms with Crippen LogP contribution in [0.3, 0.4) is 0 Å². The van der Waals surface area contributed by atoms with Gasteiger partial charge in [-0.25, -0.2) is 9.97 Å². The molecule has 0 fully saturated rings. The third kappa shape index (κ3) is 3.33. The lowest BCUT2D eigenvalue weighted by molar-refractivity contribution is 0.164. The fourth-order valence-electron chi connectivity index (χ4n) is 6.24. The number of benzene rings is 4. The molecule has 0 radical (unpaired) electrons.